The minimum atomic E-state index is -1.20. The molecule has 6 nitrogen and oxygen atoms in total. The Bertz CT molecular complexity index is 607. The lowest BCUT2D eigenvalue weighted by atomic mass is 10.1. The van der Waals surface area contributed by atoms with E-state index >= 15 is 0 Å². The van der Waals surface area contributed by atoms with Crippen molar-refractivity contribution in [3.05, 3.63) is 28.4 Å². The summed E-state index contributed by atoms with van der Waals surface area (Å²) in [5.74, 6) is -1.23. The lowest BCUT2D eigenvalue weighted by molar-refractivity contribution is 0.0652. The van der Waals surface area contributed by atoms with Crippen molar-refractivity contribution in [1.82, 2.24) is 5.16 Å². The molecule has 94 valence electrons. The first-order valence-corrected chi connectivity index (χ1v) is 5.59. The number of halogens is 1. The summed E-state index contributed by atoms with van der Waals surface area (Å²) in [4.78, 5) is 10.7. The fourth-order valence-corrected chi connectivity index (χ4v) is 1.94. The molecule has 7 heteroatoms. The minimum Gasteiger partial charge on any atom is -0.504 e. The summed E-state index contributed by atoms with van der Waals surface area (Å²) in [7, 11) is 1.41. The average Bonchev–Trinajstić information content (AvgIpc) is 2.78. The highest BCUT2D eigenvalue weighted by atomic mass is 79.9. The molecule has 0 saturated heterocycles. The van der Waals surface area contributed by atoms with E-state index in [9.17, 15) is 9.90 Å². The van der Waals surface area contributed by atoms with Crippen molar-refractivity contribution in [3.8, 4) is 22.8 Å². The van der Waals surface area contributed by atoms with Crippen LogP contribution in [0.25, 0.3) is 11.3 Å². The van der Waals surface area contributed by atoms with Crippen molar-refractivity contribution in [1.29, 1.82) is 0 Å². The van der Waals surface area contributed by atoms with Crippen LogP contribution in [0.15, 0.2) is 27.2 Å². The van der Waals surface area contributed by atoms with E-state index in [-0.39, 0.29) is 17.3 Å². The molecule has 0 unspecified atom stereocenters. The molecule has 18 heavy (non-hydrogen) atoms. The van der Waals surface area contributed by atoms with Gasteiger partial charge in [0.05, 0.1) is 7.11 Å². The Kier molecular flexibility index (Phi) is 3.24. The zero-order chi connectivity index (χ0) is 13.3. The standard InChI is InChI=1S/C11H8BrNO5/c1-17-9-2-5(6(12)3-8(9)14)7-4-10(11(15)16)18-13-7/h2-4,14H,1H3,(H,15,16). The first-order chi connectivity index (χ1) is 8.52. The number of carboxylic acids is 1. The van der Waals surface area contributed by atoms with Gasteiger partial charge in [-0.1, -0.05) is 5.16 Å². The molecule has 2 aromatic rings. The maximum absolute atomic E-state index is 10.7. The molecule has 0 saturated carbocycles. The van der Waals surface area contributed by atoms with E-state index in [2.05, 4.69) is 25.6 Å². The number of aromatic carboxylic acids is 1. The van der Waals surface area contributed by atoms with E-state index in [0.717, 1.165) is 0 Å². The molecule has 0 fully saturated rings. The zero-order valence-corrected chi connectivity index (χ0v) is 10.8. The number of aromatic nitrogens is 1. The van der Waals surface area contributed by atoms with Crippen LogP contribution in [0.2, 0.25) is 0 Å². The Hall–Kier alpha value is -2.02. The molecule has 0 aliphatic carbocycles. The van der Waals surface area contributed by atoms with Crippen LogP contribution >= 0.6 is 15.9 Å². The Morgan fingerprint density at radius 2 is 2.17 bits per heavy atom. The van der Waals surface area contributed by atoms with Crippen molar-refractivity contribution < 1.29 is 24.3 Å². The van der Waals surface area contributed by atoms with Gasteiger partial charge in [-0.15, -0.1) is 0 Å². The molecular weight excluding hydrogens is 306 g/mol. The quantitative estimate of drug-likeness (QED) is 0.904. The normalized spacial score (nSPS) is 10.3. The van der Waals surface area contributed by atoms with Crippen LogP contribution in [0.1, 0.15) is 10.6 Å². The van der Waals surface area contributed by atoms with Gasteiger partial charge in [-0.2, -0.15) is 0 Å². The summed E-state index contributed by atoms with van der Waals surface area (Å²) < 4.78 is 10.2. The highest BCUT2D eigenvalue weighted by molar-refractivity contribution is 9.10. The smallest absolute Gasteiger partial charge is 0.374 e. The Balaban J connectivity index is 2.52. The number of benzene rings is 1. The molecule has 0 radical (unpaired) electrons. The highest BCUT2D eigenvalue weighted by Gasteiger charge is 2.16. The third-order valence-electron chi connectivity index (χ3n) is 2.27. The van der Waals surface area contributed by atoms with Crippen LogP contribution in [0, 0.1) is 0 Å². The summed E-state index contributed by atoms with van der Waals surface area (Å²) in [5.41, 5.74) is 0.887. The number of rotatable bonds is 3. The maximum atomic E-state index is 10.7. The fourth-order valence-electron chi connectivity index (χ4n) is 1.41. The van der Waals surface area contributed by atoms with Crippen molar-refractivity contribution in [3.63, 3.8) is 0 Å². The monoisotopic (exact) mass is 313 g/mol. The van der Waals surface area contributed by atoms with Gasteiger partial charge in [-0.25, -0.2) is 4.79 Å². The minimum absolute atomic E-state index is 0.0323. The summed E-state index contributed by atoms with van der Waals surface area (Å²) in [6.45, 7) is 0. The fraction of sp³-hybridized carbons (Fsp3) is 0.0909. The summed E-state index contributed by atoms with van der Waals surface area (Å²) >= 11 is 3.25. The number of nitrogens with zero attached hydrogens (tertiary/aromatic N) is 1. The van der Waals surface area contributed by atoms with Gasteiger partial charge in [0.25, 0.3) is 0 Å². The lowest BCUT2D eigenvalue weighted by Gasteiger charge is -2.06. The third kappa shape index (κ3) is 2.17. The molecule has 0 bridgehead atoms. The van der Waals surface area contributed by atoms with Gasteiger partial charge in [0.15, 0.2) is 11.5 Å². The van der Waals surface area contributed by atoms with E-state index in [1.54, 1.807) is 0 Å². The number of methoxy groups -OCH3 is 1. The number of carbonyl (C=O) groups is 1. The number of phenolic OH excluding ortho intramolecular Hbond substituents is 1. The van der Waals surface area contributed by atoms with Crippen LogP contribution < -0.4 is 4.74 Å². The molecule has 2 N–H and O–H groups in total. The lowest BCUT2D eigenvalue weighted by Crippen LogP contribution is -1.91. The van der Waals surface area contributed by atoms with Crippen molar-refractivity contribution in [2.75, 3.05) is 7.11 Å². The van der Waals surface area contributed by atoms with E-state index in [1.165, 1.54) is 25.3 Å². The molecule has 0 spiro atoms. The predicted octanol–water partition coefficient (Wildman–Crippen LogP) is 2.52. The first-order valence-electron chi connectivity index (χ1n) is 4.80. The van der Waals surface area contributed by atoms with Crippen LogP contribution in [-0.2, 0) is 0 Å². The molecule has 2 rings (SSSR count). The second-order valence-corrected chi connectivity index (χ2v) is 4.24. The summed E-state index contributed by atoms with van der Waals surface area (Å²) in [6.07, 6.45) is 0. The van der Waals surface area contributed by atoms with Gasteiger partial charge in [0.1, 0.15) is 5.69 Å². The molecule has 0 atom stereocenters. The van der Waals surface area contributed by atoms with Crippen molar-refractivity contribution in [2.24, 2.45) is 0 Å². The first kappa shape index (κ1) is 12.4. The second kappa shape index (κ2) is 4.69. The van der Waals surface area contributed by atoms with Crippen molar-refractivity contribution in [2.45, 2.75) is 0 Å². The summed E-state index contributed by atoms with van der Waals surface area (Å²) in [6, 6.07) is 4.26. The second-order valence-electron chi connectivity index (χ2n) is 3.39. The van der Waals surface area contributed by atoms with Crippen LogP contribution in [0.5, 0.6) is 11.5 Å². The Labute approximate surface area is 110 Å². The average molecular weight is 314 g/mol. The highest BCUT2D eigenvalue weighted by Crippen LogP contribution is 2.37. The number of carboxylic acid groups (broad SMARTS) is 1. The molecule has 1 aromatic carbocycles. The van der Waals surface area contributed by atoms with Gasteiger partial charge in [0, 0.05) is 16.1 Å². The van der Waals surface area contributed by atoms with E-state index < -0.39 is 5.97 Å². The van der Waals surface area contributed by atoms with Gasteiger partial charge in [0.2, 0.25) is 5.76 Å². The number of aromatic hydroxyl groups is 1. The number of hydrogen-bond donors (Lipinski definition) is 2. The van der Waals surface area contributed by atoms with Crippen LogP contribution in [0.3, 0.4) is 0 Å². The molecule has 0 amide bonds. The predicted molar refractivity (Wildman–Crippen MR) is 64.8 cm³/mol. The van der Waals surface area contributed by atoms with Gasteiger partial charge >= 0.3 is 5.97 Å². The zero-order valence-electron chi connectivity index (χ0n) is 9.18. The topological polar surface area (TPSA) is 92.8 Å². The molecule has 0 aliphatic heterocycles. The van der Waals surface area contributed by atoms with E-state index in [4.69, 9.17) is 9.84 Å². The van der Waals surface area contributed by atoms with Crippen LogP contribution in [-0.4, -0.2) is 28.4 Å². The van der Waals surface area contributed by atoms with Gasteiger partial charge in [-0.3, -0.25) is 0 Å². The maximum Gasteiger partial charge on any atom is 0.374 e. The van der Waals surface area contributed by atoms with Crippen LogP contribution in [0.4, 0.5) is 0 Å². The third-order valence-corrected chi connectivity index (χ3v) is 2.92. The molecule has 1 heterocycles. The molecule has 0 aliphatic rings. The van der Waals surface area contributed by atoms with E-state index in [1.807, 2.05) is 0 Å². The number of hydrogen-bond acceptors (Lipinski definition) is 5. The number of phenols is 1. The Morgan fingerprint density at radius 3 is 2.72 bits per heavy atom. The summed E-state index contributed by atoms with van der Waals surface area (Å²) in [5, 5.41) is 22.0. The van der Waals surface area contributed by atoms with Crippen molar-refractivity contribution >= 4 is 21.9 Å². The largest absolute Gasteiger partial charge is 0.504 e. The number of ether oxygens (including phenoxy) is 1. The SMILES string of the molecule is COc1cc(-c2cc(C(=O)O)on2)c(Br)cc1O. The Morgan fingerprint density at radius 1 is 1.44 bits per heavy atom. The molecular formula is C11H8BrNO5. The van der Waals surface area contributed by atoms with Gasteiger partial charge < -0.3 is 19.5 Å². The van der Waals surface area contributed by atoms with E-state index in [0.29, 0.717) is 15.7 Å². The van der Waals surface area contributed by atoms with Gasteiger partial charge in [-0.05, 0) is 28.1 Å². The molecule has 1 aromatic heterocycles.